The number of aromatic nitrogens is 4. The van der Waals surface area contributed by atoms with Gasteiger partial charge in [0, 0.05) is 37.8 Å². The number of fused-ring (bicyclic) bond motifs is 1. The van der Waals surface area contributed by atoms with Crippen LogP contribution in [0.5, 0.6) is 0 Å². The molecular formula is C17H17ClN4O2. The predicted molar refractivity (Wildman–Crippen MR) is 90.5 cm³/mol. The molecule has 1 aliphatic heterocycles. The molecular weight excluding hydrogens is 328 g/mol. The van der Waals surface area contributed by atoms with E-state index in [4.69, 9.17) is 26.1 Å². The Morgan fingerprint density at radius 3 is 3.00 bits per heavy atom. The van der Waals surface area contributed by atoms with Crippen LogP contribution in [0.15, 0.2) is 30.5 Å². The summed E-state index contributed by atoms with van der Waals surface area (Å²) in [6, 6.07) is 7.65. The first kappa shape index (κ1) is 15.5. The molecule has 0 spiro atoms. The van der Waals surface area contributed by atoms with E-state index in [2.05, 4.69) is 10.1 Å². The van der Waals surface area contributed by atoms with Gasteiger partial charge in [0.1, 0.15) is 10.8 Å². The van der Waals surface area contributed by atoms with Crippen LogP contribution >= 0.6 is 11.6 Å². The van der Waals surface area contributed by atoms with Crippen LogP contribution in [0.1, 0.15) is 17.8 Å². The first-order valence-electron chi connectivity index (χ1n) is 7.75. The molecule has 0 aliphatic carbocycles. The number of pyridine rings is 2. The van der Waals surface area contributed by atoms with Gasteiger partial charge in [-0.05, 0) is 19.1 Å². The third-order valence-electron chi connectivity index (χ3n) is 4.51. The maximum absolute atomic E-state index is 6.06. The molecule has 3 aromatic heterocycles. The maximum Gasteiger partial charge on any atom is 0.154 e. The highest BCUT2D eigenvalue weighted by atomic mass is 35.5. The monoisotopic (exact) mass is 344 g/mol. The average Bonchev–Trinajstić information content (AvgIpc) is 3.21. The van der Waals surface area contributed by atoms with Gasteiger partial charge in [0.15, 0.2) is 5.82 Å². The predicted octanol–water partition coefficient (Wildman–Crippen LogP) is 3.04. The molecule has 3 aromatic rings. The Labute approximate surface area is 144 Å². The molecule has 1 saturated heterocycles. The summed E-state index contributed by atoms with van der Waals surface area (Å²) < 4.78 is 13.1. The van der Waals surface area contributed by atoms with Crippen molar-refractivity contribution < 1.29 is 9.47 Å². The molecule has 7 heteroatoms. The van der Waals surface area contributed by atoms with E-state index >= 15 is 0 Å². The smallest absolute Gasteiger partial charge is 0.154 e. The molecule has 1 aliphatic rings. The Hall–Kier alpha value is -2.02. The van der Waals surface area contributed by atoms with Crippen molar-refractivity contribution in [3.05, 3.63) is 47.0 Å². The summed E-state index contributed by atoms with van der Waals surface area (Å²) >= 11 is 6.06. The van der Waals surface area contributed by atoms with Crippen molar-refractivity contribution >= 4 is 22.5 Å². The molecule has 0 amide bonds. The molecule has 0 aromatic carbocycles. The van der Waals surface area contributed by atoms with Crippen molar-refractivity contribution in [1.29, 1.82) is 0 Å². The van der Waals surface area contributed by atoms with Crippen LogP contribution in [-0.2, 0) is 15.1 Å². The molecule has 0 N–H and O–H groups in total. The minimum absolute atomic E-state index is 0.428. The highest BCUT2D eigenvalue weighted by molar-refractivity contribution is 6.30. The van der Waals surface area contributed by atoms with Crippen LogP contribution in [-0.4, -0.2) is 40.1 Å². The molecule has 1 fully saturated rings. The first-order chi connectivity index (χ1) is 11.6. The Morgan fingerprint density at radius 2 is 2.25 bits per heavy atom. The first-order valence-corrected chi connectivity index (χ1v) is 8.12. The van der Waals surface area contributed by atoms with E-state index in [0.29, 0.717) is 18.4 Å². The molecule has 0 saturated carbocycles. The molecule has 4 heterocycles. The lowest BCUT2D eigenvalue weighted by Crippen LogP contribution is -2.30. The number of hydrogen-bond acceptors (Lipinski definition) is 5. The Balaban J connectivity index is 1.86. The van der Waals surface area contributed by atoms with Crippen molar-refractivity contribution in [1.82, 2.24) is 19.7 Å². The summed E-state index contributed by atoms with van der Waals surface area (Å²) in [5.41, 5.74) is 2.12. The number of ether oxygens (including phenoxy) is 2. The van der Waals surface area contributed by atoms with Crippen LogP contribution in [0.2, 0.25) is 5.15 Å². The standard InChI is InChI=1S/C17H17ClN4O2/c1-11-12-9-19-15(18)8-13(12)22(21-11)16-5-3-4-14(20-16)17(23-2)6-7-24-10-17/h3-5,8-9H,6-7,10H2,1-2H3. The summed E-state index contributed by atoms with van der Waals surface area (Å²) in [7, 11) is 1.70. The van der Waals surface area contributed by atoms with Gasteiger partial charge in [-0.1, -0.05) is 17.7 Å². The quantitative estimate of drug-likeness (QED) is 0.683. The highest BCUT2D eigenvalue weighted by Crippen LogP contribution is 2.33. The van der Waals surface area contributed by atoms with Gasteiger partial charge in [-0.3, -0.25) is 0 Å². The average molecular weight is 345 g/mol. The second kappa shape index (κ2) is 5.81. The molecule has 6 nitrogen and oxygen atoms in total. The van der Waals surface area contributed by atoms with Gasteiger partial charge in [0.2, 0.25) is 0 Å². The number of methoxy groups -OCH3 is 1. The van der Waals surface area contributed by atoms with Crippen molar-refractivity contribution in [2.75, 3.05) is 20.3 Å². The van der Waals surface area contributed by atoms with Crippen LogP contribution in [0.3, 0.4) is 0 Å². The van der Waals surface area contributed by atoms with Gasteiger partial charge in [-0.25, -0.2) is 14.6 Å². The zero-order chi connectivity index (χ0) is 16.7. The van der Waals surface area contributed by atoms with Crippen molar-refractivity contribution in [2.45, 2.75) is 18.9 Å². The minimum atomic E-state index is -0.493. The number of rotatable bonds is 3. The fourth-order valence-electron chi connectivity index (χ4n) is 3.12. The second-order valence-electron chi connectivity index (χ2n) is 5.90. The van der Waals surface area contributed by atoms with Gasteiger partial charge in [-0.2, -0.15) is 5.10 Å². The maximum atomic E-state index is 6.06. The van der Waals surface area contributed by atoms with Crippen LogP contribution in [0, 0.1) is 6.92 Å². The van der Waals surface area contributed by atoms with Gasteiger partial charge in [0.25, 0.3) is 0 Å². The largest absolute Gasteiger partial charge is 0.378 e. The third kappa shape index (κ3) is 2.38. The van der Waals surface area contributed by atoms with E-state index in [-0.39, 0.29) is 0 Å². The van der Waals surface area contributed by atoms with E-state index < -0.39 is 5.60 Å². The zero-order valence-corrected chi connectivity index (χ0v) is 14.2. The number of halogens is 1. The van der Waals surface area contributed by atoms with E-state index in [1.807, 2.05) is 25.1 Å². The van der Waals surface area contributed by atoms with Gasteiger partial charge < -0.3 is 9.47 Å². The van der Waals surface area contributed by atoms with Crippen LogP contribution in [0.25, 0.3) is 16.7 Å². The molecule has 0 bridgehead atoms. The lowest BCUT2D eigenvalue weighted by atomic mass is 9.98. The number of aryl methyl sites for hydroxylation is 1. The molecule has 1 unspecified atom stereocenters. The Kier molecular flexibility index (Phi) is 3.75. The minimum Gasteiger partial charge on any atom is -0.378 e. The summed E-state index contributed by atoms with van der Waals surface area (Å²) in [6.45, 7) is 3.12. The fraction of sp³-hybridized carbons (Fsp3) is 0.353. The number of nitrogens with zero attached hydrogens (tertiary/aromatic N) is 4. The lowest BCUT2D eigenvalue weighted by molar-refractivity contribution is -0.0246. The van der Waals surface area contributed by atoms with E-state index in [0.717, 1.165) is 34.5 Å². The molecule has 0 radical (unpaired) electrons. The van der Waals surface area contributed by atoms with Gasteiger partial charge in [0.05, 0.1) is 23.5 Å². The van der Waals surface area contributed by atoms with Crippen molar-refractivity contribution in [2.24, 2.45) is 0 Å². The summed E-state index contributed by atoms with van der Waals surface area (Å²) in [6.07, 6.45) is 2.52. The number of hydrogen-bond donors (Lipinski definition) is 0. The molecule has 1 atom stereocenters. The van der Waals surface area contributed by atoms with E-state index in [1.165, 1.54) is 0 Å². The molecule has 24 heavy (non-hydrogen) atoms. The Morgan fingerprint density at radius 1 is 1.38 bits per heavy atom. The highest BCUT2D eigenvalue weighted by Gasteiger charge is 2.38. The normalized spacial score (nSPS) is 20.8. The van der Waals surface area contributed by atoms with E-state index in [9.17, 15) is 0 Å². The Bertz CT molecular complexity index is 903. The fourth-order valence-corrected chi connectivity index (χ4v) is 3.27. The topological polar surface area (TPSA) is 62.1 Å². The SMILES string of the molecule is COC1(c2cccc(-n3nc(C)c4cnc(Cl)cc43)n2)CCOC1. The summed E-state index contributed by atoms with van der Waals surface area (Å²) in [5.74, 6) is 0.719. The summed E-state index contributed by atoms with van der Waals surface area (Å²) in [5, 5.41) is 5.98. The third-order valence-corrected chi connectivity index (χ3v) is 4.72. The lowest BCUT2D eigenvalue weighted by Gasteiger charge is -2.25. The van der Waals surface area contributed by atoms with Gasteiger partial charge >= 0.3 is 0 Å². The van der Waals surface area contributed by atoms with E-state index in [1.54, 1.807) is 24.1 Å². The summed E-state index contributed by atoms with van der Waals surface area (Å²) in [4.78, 5) is 8.93. The van der Waals surface area contributed by atoms with Crippen LogP contribution in [0.4, 0.5) is 0 Å². The van der Waals surface area contributed by atoms with Gasteiger partial charge in [-0.15, -0.1) is 0 Å². The second-order valence-corrected chi connectivity index (χ2v) is 6.29. The molecule has 124 valence electrons. The van der Waals surface area contributed by atoms with Crippen molar-refractivity contribution in [3.63, 3.8) is 0 Å². The van der Waals surface area contributed by atoms with Crippen LogP contribution < -0.4 is 0 Å². The zero-order valence-electron chi connectivity index (χ0n) is 13.5. The van der Waals surface area contributed by atoms with Crippen molar-refractivity contribution in [3.8, 4) is 5.82 Å². The molecule has 4 rings (SSSR count).